The highest BCUT2D eigenvalue weighted by molar-refractivity contribution is 7.89. The number of nitriles is 1. The van der Waals surface area contributed by atoms with E-state index >= 15 is 0 Å². The second kappa shape index (κ2) is 5.75. The fraction of sp³-hybridized carbons (Fsp3) is 0.222. The highest BCUT2D eigenvalue weighted by atomic mass is 35.5. The maximum absolute atomic E-state index is 11.8. The fourth-order valence-corrected chi connectivity index (χ4v) is 2.35. The van der Waals surface area contributed by atoms with E-state index in [0.717, 1.165) is 12.1 Å². The van der Waals surface area contributed by atoms with Crippen LogP contribution in [-0.4, -0.2) is 21.2 Å². The van der Waals surface area contributed by atoms with Gasteiger partial charge < -0.3 is 0 Å². The number of nitrogens with zero attached hydrogens (tertiary/aromatic N) is 1. The molecule has 10 heteroatoms. The first-order valence-electron chi connectivity index (χ1n) is 4.56. The minimum absolute atomic E-state index is 0.0133. The number of hydrogen-bond donors (Lipinski definition) is 1. The number of benzene rings is 1. The van der Waals surface area contributed by atoms with E-state index in [4.69, 9.17) is 16.9 Å². The van der Waals surface area contributed by atoms with Crippen LogP contribution >= 0.6 is 11.6 Å². The molecule has 0 atom stereocenters. The van der Waals surface area contributed by atoms with Crippen LogP contribution in [0.25, 0.3) is 0 Å². The number of nitrogens with one attached hydrogen (secondary N) is 1. The highest BCUT2D eigenvalue weighted by Gasteiger charge is 2.29. The van der Waals surface area contributed by atoms with Gasteiger partial charge >= 0.3 is 6.18 Å². The average Bonchev–Trinajstić information content (AvgIpc) is 2.27. The van der Waals surface area contributed by atoms with Gasteiger partial charge in [0.1, 0.15) is 4.90 Å². The van der Waals surface area contributed by atoms with Gasteiger partial charge in [-0.25, -0.2) is 8.42 Å². The second-order valence-electron chi connectivity index (χ2n) is 3.25. The Kier molecular flexibility index (Phi) is 4.75. The number of sulfonamides is 1. The summed E-state index contributed by atoms with van der Waals surface area (Å²) < 4.78 is 58.6. The number of hydrogen-bond acceptors (Lipinski definition) is 4. The molecular formula is C9H6ClF3N2O3S. The third kappa shape index (κ3) is 4.68. The van der Waals surface area contributed by atoms with Gasteiger partial charge in [0.25, 0.3) is 10.0 Å². The molecule has 1 N–H and O–H groups in total. The SMILES string of the molecule is N#Cc1ccc(Cl)c(S(=O)(=O)NOCC(F)(F)F)c1. The van der Waals surface area contributed by atoms with Gasteiger partial charge in [0, 0.05) is 0 Å². The quantitative estimate of drug-likeness (QED) is 0.862. The van der Waals surface area contributed by atoms with E-state index in [1.807, 2.05) is 0 Å². The van der Waals surface area contributed by atoms with Crippen molar-refractivity contribution in [1.82, 2.24) is 4.89 Å². The summed E-state index contributed by atoms with van der Waals surface area (Å²) >= 11 is 5.60. The summed E-state index contributed by atoms with van der Waals surface area (Å²) in [6, 6.07) is 4.99. The van der Waals surface area contributed by atoms with Crippen LogP contribution in [0.2, 0.25) is 5.02 Å². The first kappa shape index (κ1) is 15.7. The molecule has 19 heavy (non-hydrogen) atoms. The molecule has 0 aliphatic heterocycles. The van der Waals surface area contributed by atoms with E-state index in [2.05, 4.69) is 4.84 Å². The summed E-state index contributed by atoms with van der Waals surface area (Å²) in [6.45, 7) is -1.79. The van der Waals surface area contributed by atoms with E-state index in [-0.39, 0.29) is 10.6 Å². The summed E-state index contributed by atoms with van der Waals surface area (Å²) in [5, 5.41) is 8.37. The molecule has 0 bridgehead atoms. The highest BCUT2D eigenvalue weighted by Crippen LogP contribution is 2.22. The van der Waals surface area contributed by atoms with Crippen LogP contribution < -0.4 is 4.89 Å². The third-order valence-electron chi connectivity index (χ3n) is 1.75. The molecule has 0 heterocycles. The lowest BCUT2D eigenvalue weighted by atomic mass is 10.2. The summed E-state index contributed by atoms with van der Waals surface area (Å²) in [5.74, 6) is 0. The smallest absolute Gasteiger partial charge is 0.277 e. The molecule has 0 aliphatic carbocycles. The van der Waals surface area contributed by atoms with Crippen LogP contribution in [0.1, 0.15) is 5.56 Å². The Labute approximate surface area is 111 Å². The molecule has 1 aromatic rings. The number of alkyl halides is 3. The average molecular weight is 315 g/mol. The Bertz CT molecular complexity index is 610. The van der Waals surface area contributed by atoms with Crippen molar-refractivity contribution in [3.8, 4) is 6.07 Å². The van der Waals surface area contributed by atoms with Crippen LogP contribution in [0.3, 0.4) is 0 Å². The van der Waals surface area contributed by atoms with Gasteiger partial charge in [-0.1, -0.05) is 16.5 Å². The molecule has 1 rings (SSSR count). The molecule has 0 spiro atoms. The normalized spacial score (nSPS) is 12.2. The van der Waals surface area contributed by atoms with Gasteiger partial charge in [0.2, 0.25) is 0 Å². The Morgan fingerprint density at radius 1 is 1.42 bits per heavy atom. The van der Waals surface area contributed by atoms with Crippen molar-refractivity contribution >= 4 is 21.6 Å². The minimum atomic E-state index is -4.68. The van der Waals surface area contributed by atoms with E-state index in [1.165, 1.54) is 11.0 Å². The molecule has 1 aromatic carbocycles. The standard InChI is InChI=1S/C9H6ClF3N2O3S/c10-7-2-1-6(4-14)3-8(7)19(16,17)15-18-5-9(11,12)13/h1-3,15H,5H2. The molecule has 0 unspecified atom stereocenters. The molecule has 0 radical (unpaired) electrons. The van der Waals surface area contributed by atoms with Crippen molar-refractivity contribution in [2.75, 3.05) is 6.61 Å². The van der Waals surface area contributed by atoms with Gasteiger partial charge in [-0.2, -0.15) is 18.4 Å². The van der Waals surface area contributed by atoms with Crippen molar-refractivity contribution in [2.45, 2.75) is 11.1 Å². The van der Waals surface area contributed by atoms with Crippen molar-refractivity contribution in [1.29, 1.82) is 5.26 Å². The summed E-state index contributed by atoms with van der Waals surface area (Å²) in [6.07, 6.45) is -4.68. The Morgan fingerprint density at radius 3 is 2.58 bits per heavy atom. The second-order valence-corrected chi connectivity index (χ2v) is 5.27. The molecule has 0 saturated heterocycles. The van der Waals surface area contributed by atoms with Gasteiger partial charge in [0.15, 0.2) is 6.61 Å². The molecule has 0 amide bonds. The fourth-order valence-electron chi connectivity index (χ4n) is 1.01. The Hall–Kier alpha value is -1.34. The lowest BCUT2D eigenvalue weighted by molar-refractivity contribution is -0.181. The van der Waals surface area contributed by atoms with E-state index in [0.29, 0.717) is 0 Å². The maximum atomic E-state index is 11.8. The number of rotatable bonds is 4. The molecule has 5 nitrogen and oxygen atoms in total. The zero-order valence-electron chi connectivity index (χ0n) is 9.03. The maximum Gasteiger partial charge on any atom is 0.413 e. The predicted octanol–water partition coefficient (Wildman–Crippen LogP) is 1.98. The lowest BCUT2D eigenvalue weighted by Crippen LogP contribution is -2.29. The van der Waals surface area contributed by atoms with Gasteiger partial charge in [-0.15, -0.1) is 0 Å². The first-order valence-corrected chi connectivity index (χ1v) is 6.42. The summed E-state index contributed by atoms with van der Waals surface area (Å²) in [5.41, 5.74) is -0.0133. The molecule has 0 aromatic heterocycles. The van der Waals surface area contributed by atoms with Gasteiger partial charge in [-0.05, 0) is 18.2 Å². The molecule has 0 fully saturated rings. The summed E-state index contributed by atoms with van der Waals surface area (Å²) in [4.78, 5) is 4.58. The monoisotopic (exact) mass is 314 g/mol. The van der Waals surface area contributed by atoms with Crippen LogP contribution in [0.5, 0.6) is 0 Å². The van der Waals surface area contributed by atoms with Crippen molar-refractivity contribution in [2.24, 2.45) is 0 Å². The zero-order chi connectivity index (χ0) is 14.7. The van der Waals surface area contributed by atoms with Gasteiger partial charge in [0.05, 0.1) is 16.7 Å². The summed E-state index contributed by atoms with van der Waals surface area (Å²) in [7, 11) is -4.40. The molecular weight excluding hydrogens is 309 g/mol. The van der Waals surface area contributed by atoms with Crippen molar-refractivity contribution < 1.29 is 26.4 Å². The molecule has 0 aliphatic rings. The van der Waals surface area contributed by atoms with E-state index in [1.54, 1.807) is 6.07 Å². The van der Waals surface area contributed by atoms with E-state index in [9.17, 15) is 21.6 Å². The number of halogens is 4. The van der Waals surface area contributed by atoms with Crippen LogP contribution in [0.15, 0.2) is 23.1 Å². The molecule has 104 valence electrons. The van der Waals surface area contributed by atoms with Crippen molar-refractivity contribution in [3.63, 3.8) is 0 Å². The van der Waals surface area contributed by atoms with Crippen molar-refractivity contribution in [3.05, 3.63) is 28.8 Å². The van der Waals surface area contributed by atoms with E-state index < -0.39 is 27.7 Å². The molecule has 0 saturated carbocycles. The predicted molar refractivity (Wildman–Crippen MR) is 58.5 cm³/mol. The van der Waals surface area contributed by atoms with Crippen LogP contribution in [-0.2, 0) is 14.9 Å². The Morgan fingerprint density at radius 2 is 2.05 bits per heavy atom. The largest absolute Gasteiger partial charge is 0.413 e. The van der Waals surface area contributed by atoms with Crippen LogP contribution in [0.4, 0.5) is 13.2 Å². The third-order valence-corrected chi connectivity index (χ3v) is 3.45. The van der Waals surface area contributed by atoms with Gasteiger partial charge in [-0.3, -0.25) is 4.84 Å². The van der Waals surface area contributed by atoms with Crippen LogP contribution in [0, 0.1) is 11.3 Å². The topological polar surface area (TPSA) is 79.2 Å². The lowest BCUT2D eigenvalue weighted by Gasteiger charge is -2.10. The Balaban J connectivity index is 2.92. The minimum Gasteiger partial charge on any atom is -0.277 e. The zero-order valence-corrected chi connectivity index (χ0v) is 10.6. The first-order chi connectivity index (χ1) is 8.65.